The molecule has 0 saturated carbocycles. The fraction of sp³-hybridized carbons (Fsp3) is 0.0625. The number of phenols is 1. The fourth-order valence-corrected chi connectivity index (χ4v) is 2.37. The quantitative estimate of drug-likeness (QED) is 0.675. The van der Waals surface area contributed by atoms with Gasteiger partial charge in [-0.25, -0.2) is 4.79 Å². The Balaban J connectivity index is 2.08. The maximum Gasteiger partial charge on any atom is 0.336 e. The molecule has 1 aromatic heterocycles. The van der Waals surface area contributed by atoms with E-state index in [1.165, 1.54) is 24.3 Å². The molecular formula is C16H10Cl2O4. The third-order valence-electron chi connectivity index (χ3n) is 3.15. The van der Waals surface area contributed by atoms with Crippen molar-refractivity contribution in [2.75, 3.05) is 0 Å². The van der Waals surface area contributed by atoms with Gasteiger partial charge in [-0.3, -0.25) is 0 Å². The van der Waals surface area contributed by atoms with E-state index >= 15 is 0 Å². The Kier molecular flexibility index (Phi) is 3.72. The molecule has 4 nitrogen and oxygen atoms in total. The van der Waals surface area contributed by atoms with Crippen LogP contribution in [0.4, 0.5) is 0 Å². The molecule has 0 aliphatic carbocycles. The number of phenolic OH excluding ortho intramolecular Hbond substituents is 1. The smallest absolute Gasteiger partial charge is 0.336 e. The molecule has 22 heavy (non-hydrogen) atoms. The molecule has 3 rings (SSSR count). The molecule has 0 saturated heterocycles. The van der Waals surface area contributed by atoms with Crippen LogP contribution < -0.4 is 10.4 Å². The van der Waals surface area contributed by atoms with Gasteiger partial charge in [0.2, 0.25) is 0 Å². The molecule has 0 spiro atoms. The van der Waals surface area contributed by atoms with E-state index in [0.29, 0.717) is 32.3 Å². The summed E-state index contributed by atoms with van der Waals surface area (Å²) >= 11 is 11.8. The number of aryl methyl sites for hydroxylation is 1. The van der Waals surface area contributed by atoms with Gasteiger partial charge in [0.1, 0.15) is 11.3 Å². The van der Waals surface area contributed by atoms with E-state index < -0.39 is 5.63 Å². The first-order valence-electron chi connectivity index (χ1n) is 6.34. The van der Waals surface area contributed by atoms with Gasteiger partial charge in [-0.1, -0.05) is 23.2 Å². The van der Waals surface area contributed by atoms with Gasteiger partial charge in [-0.05, 0) is 30.7 Å². The highest BCUT2D eigenvalue weighted by molar-refractivity contribution is 6.42. The van der Waals surface area contributed by atoms with Crippen molar-refractivity contribution in [2.24, 2.45) is 0 Å². The van der Waals surface area contributed by atoms with E-state index in [1.54, 1.807) is 19.1 Å². The van der Waals surface area contributed by atoms with E-state index in [2.05, 4.69) is 0 Å². The van der Waals surface area contributed by atoms with Crippen LogP contribution in [-0.2, 0) is 0 Å². The van der Waals surface area contributed by atoms with Crippen LogP contribution in [0.5, 0.6) is 17.2 Å². The minimum Gasteiger partial charge on any atom is -0.504 e. The van der Waals surface area contributed by atoms with Gasteiger partial charge in [0.15, 0.2) is 11.5 Å². The number of hydrogen-bond acceptors (Lipinski definition) is 4. The first kappa shape index (κ1) is 14.8. The van der Waals surface area contributed by atoms with Gasteiger partial charge in [-0.2, -0.15) is 0 Å². The highest BCUT2D eigenvalue weighted by Gasteiger charge is 2.11. The molecule has 0 unspecified atom stereocenters. The number of rotatable bonds is 2. The summed E-state index contributed by atoms with van der Waals surface area (Å²) in [6, 6.07) is 9.04. The maximum absolute atomic E-state index is 11.4. The Labute approximate surface area is 135 Å². The van der Waals surface area contributed by atoms with Crippen LogP contribution in [0.1, 0.15) is 5.56 Å². The van der Waals surface area contributed by atoms with Crippen LogP contribution in [0.3, 0.4) is 0 Å². The predicted molar refractivity (Wildman–Crippen MR) is 85.4 cm³/mol. The van der Waals surface area contributed by atoms with E-state index in [4.69, 9.17) is 32.4 Å². The Morgan fingerprint density at radius 1 is 1.09 bits per heavy atom. The molecule has 0 amide bonds. The van der Waals surface area contributed by atoms with Gasteiger partial charge in [0.05, 0.1) is 10.0 Å². The van der Waals surface area contributed by atoms with Gasteiger partial charge < -0.3 is 14.3 Å². The number of benzene rings is 2. The summed E-state index contributed by atoms with van der Waals surface area (Å²) in [5.41, 5.74) is 0.580. The summed E-state index contributed by atoms with van der Waals surface area (Å²) in [5, 5.41) is 11.5. The van der Waals surface area contributed by atoms with Crippen molar-refractivity contribution in [2.45, 2.75) is 6.92 Å². The topological polar surface area (TPSA) is 59.7 Å². The largest absolute Gasteiger partial charge is 0.504 e. The maximum atomic E-state index is 11.4. The lowest BCUT2D eigenvalue weighted by atomic mass is 10.1. The molecule has 1 heterocycles. The molecular weight excluding hydrogens is 327 g/mol. The molecule has 0 aliphatic rings. The van der Waals surface area contributed by atoms with Crippen LogP contribution >= 0.6 is 23.2 Å². The summed E-state index contributed by atoms with van der Waals surface area (Å²) in [6.07, 6.45) is 0. The van der Waals surface area contributed by atoms with Crippen LogP contribution in [0.25, 0.3) is 11.0 Å². The summed E-state index contributed by atoms with van der Waals surface area (Å²) < 4.78 is 10.7. The monoisotopic (exact) mass is 336 g/mol. The minimum atomic E-state index is -0.462. The Bertz CT molecular complexity index is 931. The normalized spacial score (nSPS) is 10.9. The van der Waals surface area contributed by atoms with Crippen molar-refractivity contribution in [3.63, 3.8) is 0 Å². The zero-order valence-corrected chi connectivity index (χ0v) is 12.9. The third kappa shape index (κ3) is 2.75. The summed E-state index contributed by atoms with van der Waals surface area (Å²) in [7, 11) is 0. The molecule has 2 aromatic carbocycles. The molecule has 3 aromatic rings. The van der Waals surface area contributed by atoms with Gasteiger partial charge in [-0.15, -0.1) is 0 Å². The second-order valence-corrected chi connectivity index (χ2v) is 5.56. The molecule has 112 valence electrons. The zero-order valence-electron chi connectivity index (χ0n) is 11.4. The van der Waals surface area contributed by atoms with Gasteiger partial charge >= 0.3 is 5.63 Å². The fourth-order valence-electron chi connectivity index (χ4n) is 2.08. The second-order valence-electron chi connectivity index (χ2n) is 4.74. The lowest BCUT2D eigenvalue weighted by Crippen LogP contribution is -1.98. The SMILES string of the molecule is Cc1cc(=O)oc2cc(Oc3ccc(Cl)c(Cl)c3)c(O)cc12. The van der Waals surface area contributed by atoms with Crippen molar-refractivity contribution in [1.29, 1.82) is 0 Å². The summed E-state index contributed by atoms with van der Waals surface area (Å²) in [6.45, 7) is 1.76. The highest BCUT2D eigenvalue weighted by atomic mass is 35.5. The average molecular weight is 337 g/mol. The molecule has 0 bridgehead atoms. The first-order valence-corrected chi connectivity index (χ1v) is 7.10. The van der Waals surface area contributed by atoms with Crippen molar-refractivity contribution in [3.05, 3.63) is 62.4 Å². The van der Waals surface area contributed by atoms with Crippen LogP contribution in [0.15, 0.2) is 45.6 Å². The van der Waals surface area contributed by atoms with E-state index in [9.17, 15) is 9.90 Å². The van der Waals surface area contributed by atoms with Crippen LogP contribution in [0.2, 0.25) is 10.0 Å². The molecule has 6 heteroatoms. The molecule has 0 fully saturated rings. The van der Waals surface area contributed by atoms with Crippen molar-refractivity contribution < 1.29 is 14.3 Å². The number of ether oxygens (including phenoxy) is 1. The number of aromatic hydroxyl groups is 1. The summed E-state index contributed by atoms with van der Waals surface area (Å²) in [4.78, 5) is 11.4. The molecule has 0 atom stereocenters. The number of hydrogen-bond donors (Lipinski definition) is 1. The highest BCUT2D eigenvalue weighted by Crippen LogP contribution is 2.36. The minimum absolute atomic E-state index is 0.0736. The van der Waals surface area contributed by atoms with E-state index in [1.807, 2.05) is 0 Å². The van der Waals surface area contributed by atoms with Crippen molar-refractivity contribution >= 4 is 34.2 Å². The standard InChI is InChI=1S/C16H10Cl2O4/c1-8-4-16(20)22-14-7-15(13(19)6-10(8)14)21-9-2-3-11(17)12(18)5-9/h2-7,19H,1H3. The number of halogens is 2. The summed E-state index contributed by atoms with van der Waals surface area (Å²) in [5.74, 6) is 0.481. The van der Waals surface area contributed by atoms with E-state index in [0.717, 1.165) is 0 Å². The first-order chi connectivity index (χ1) is 10.4. The van der Waals surface area contributed by atoms with Gasteiger partial charge in [0.25, 0.3) is 0 Å². The number of fused-ring (bicyclic) bond motifs is 1. The second kappa shape index (κ2) is 5.55. The lowest BCUT2D eigenvalue weighted by Gasteiger charge is -2.10. The van der Waals surface area contributed by atoms with Crippen LogP contribution in [0, 0.1) is 6.92 Å². The van der Waals surface area contributed by atoms with Crippen molar-refractivity contribution in [1.82, 2.24) is 0 Å². The Hall–Kier alpha value is -2.17. The average Bonchev–Trinajstić information content (AvgIpc) is 2.45. The molecule has 0 aliphatic heterocycles. The Morgan fingerprint density at radius 2 is 1.86 bits per heavy atom. The predicted octanol–water partition coefficient (Wildman–Crippen LogP) is 4.91. The van der Waals surface area contributed by atoms with Crippen LogP contribution in [-0.4, -0.2) is 5.11 Å². The van der Waals surface area contributed by atoms with Gasteiger partial charge in [0, 0.05) is 23.6 Å². The van der Waals surface area contributed by atoms with Crippen molar-refractivity contribution in [3.8, 4) is 17.2 Å². The third-order valence-corrected chi connectivity index (χ3v) is 3.89. The zero-order chi connectivity index (χ0) is 15.9. The van der Waals surface area contributed by atoms with E-state index in [-0.39, 0.29) is 11.5 Å². The molecule has 0 radical (unpaired) electrons. The lowest BCUT2D eigenvalue weighted by molar-refractivity contribution is 0.411. The molecule has 1 N–H and O–H groups in total. The Morgan fingerprint density at radius 3 is 2.59 bits per heavy atom.